The van der Waals surface area contributed by atoms with Gasteiger partial charge in [0.25, 0.3) is 0 Å². The molecular weight excluding hydrogens is 360 g/mol. The van der Waals surface area contributed by atoms with Crippen molar-refractivity contribution in [3.05, 3.63) is 12.2 Å². The number of fused-ring (bicyclic) bond motifs is 4. The predicted octanol–water partition coefficient (Wildman–Crippen LogP) is 3.96. The third kappa shape index (κ3) is 3.39. The summed E-state index contributed by atoms with van der Waals surface area (Å²) >= 11 is 0. The number of carbonyl (C=O) groups is 1. The molecule has 2 saturated carbocycles. The fourth-order valence-corrected chi connectivity index (χ4v) is 8.72. The van der Waals surface area contributed by atoms with Crippen molar-refractivity contribution in [1.82, 2.24) is 9.80 Å². The van der Waals surface area contributed by atoms with Crippen LogP contribution in [-0.4, -0.2) is 61.6 Å². The van der Waals surface area contributed by atoms with Crippen LogP contribution in [0.5, 0.6) is 0 Å². The van der Waals surface area contributed by atoms with Crippen molar-refractivity contribution in [1.29, 1.82) is 0 Å². The molecule has 162 valence electrons. The van der Waals surface area contributed by atoms with Gasteiger partial charge >= 0.3 is 5.97 Å². The molecule has 2 aliphatic carbocycles. The first kappa shape index (κ1) is 20.1. The first-order valence-electron chi connectivity index (χ1n) is 11.9. The normalized spacial score (nSPS) is 50.8. The molecule has 0 radical (unpaired) electrons. The molecule has 5 fully saturated rings. The van der Waals surface area contributed by atoms with Gasteiger partial charge in [-0.25, -0.2) is 0 Å². The number of esters is 1. The van der Waals surface area contributed by atoms with E-state index < -0.39 is 0 Å². The second kappa shape index (κ2) is 6.56. The van der Waals surface area contributed by atoms with Crippen LogP contribution in [0.1, 0.15) is 59.3 Å². The van der Waals surface area contributed by atoms with Gasteiger partial charge in [-0.2, -0.15) is 0 Å². The van der Waals surface area contributed by atoms with Crippen molar-refractivity contribution in [2.45, 2.75) is 65.4 Å². The molecule has 4 heteroatoms. The summed E-state index contributed by atoms with van der Waals surface area (Å²) in [4.78, 5) is 18.1. The molecule has 5 aliphatic rings. The molecule has 0 aromatic carbocycles. The lowest BCUT2D eigenvalue weighted by Gasteiger charge is -2.56. The average molecular weight is 401 g/mol. The van der Waals surface area contributed by atoms with Gasteiger partial charge in [0.1, 0.15) is 6.10 Å². The van der Waals surface area contributed by atoms with Crippen LogP contribution in [0.3, 0.4) is 0 Å². The fraction of sp³-hybridized carbons (Fsp3) is 0.880. The molecule has 0 aromatic rings. The van der Waals surface area contributed by atoms with Crippen LogP contribution < -0.4 is 0 Å². The predicted molar refractivity (Wildman–Crippen MR) is 115 cm³/mol. The number of nitrogens with zero attached hydrogens (tertiary/aromatic N) is 2. The number of hydrogen-bond donors (Lipinski definition) is 0. The summed E-state index contributed by atoms with van der Waals surface area (Å²) in [5.41, 5.74) is 2.40. The molecule has 2 bridgehead atoms. The lowest BCUT2D eigenvalue weighted by molar-refractivity contribution is -0.147. The highest BCUT2D eigenvalue weighted by molar-refractivity contribution is 5.75. The Hall–Kier alpha value is -0.870. The Morgan fingerprint density at radius 3 is 2.52 bits per heavy atom. The van der Waals surface area contributed by atoms with Crippen molar-refractivity contribution >= 4 is 5.97 Å². The van der Waals surface area contributed by atoms with E-state index in [4.69, 9.17) is 4.74 Å². The summed E-state index contributed by atoms with van der Waals surface area (Å²) in [6.45, 7) is 17.2. The summed E-state index contributed by atoms with van der Waals surface area (Å²) < 4.78 is 6.03. The standard InChI is InChI=1S/C25H40N2O2/c1-17-7-6-8-25(4)10-21-18(9-20(17)25)19(22(28)29-21)11-27-15-23(2)12-24(3,16-27)14-26(5)13-23/h18-21H,1,6-16H2,2-5H3. The molecule has 0 spiro atoms. The quantitative estimate of drug-likeness (QED) is 0.519. The summed E-state index contributed by atoms with van der Waals surface area (Å²) in [5.74, 6) is 1.11. The van der Waals surface area contributed by atoms with E-state index in [9.17, 15) is 4.79 Å². The van der Waals surface area contributed by atoms with Crippen LogP contribution >= 0.6 is 0 Å². The number of piperidine rings is 2. The number of likely N-dealkylation sites (tertiary alicyclic amines) is 2. The van der Waals surface area contributed by atoms with Gasteiger partial charge in [0, 0.05) is 38.6 Å². The number of hydrogen-bond acceptors (Lipinski definition) is 4. The minimum absolute atomic E-state index is 0.0584. The first-order chi connectivity index (χ1) is 13.6. The highest BCUT2D eigenvalue weighted by atomic mass is 16.6. The lowest BCUT2D eigenvalue weighted by atomic mass is 9.55. The number of rotatable bonds is 2. The zero-order valence-electron chi connectivity index (χ0n) is 19.0. The summed E-state index contributed by atoms with van der Waals surface area (Å²) in [6.07, 6.45) is 7.29. The molecule has 4 nitrogen and oxygen atoms in total. The minimum Gasteiger partial charge on any atom is -0.462 e. The SMILES string of the molecule is C=C1CCCC2(C)CC3OC(=O)C(CN4CC5(C)CN(C)CC(C)(C4)C5)C3CC12. The Morgan fingerprint density at radius 1 is 1.14 bits per heavy atom. The van der Waals surface area contributed by atoms with Crippen molar-refractivity contribution in [3.8, 4) is 0 Å². The Labute approximate surface area is 177 Å². The summed E-state index contributed by atoms with van der Waals surface area (Å²) in [6, 6.07) is 0. The van der Waals surface area contributed by atoms with Crippen LogP contribution in [0.25, 0.3) is 0 Å². The third-order valence-electron chi connectivity index (χ3n) is 9.14. The van der Waals surface area contributed by atoms with Crippen LogP contribution in [0.15, 0.2) is 12.2 Å². The maximum Gasteiger partial charge on any atom is 0.310 e. The Kier molecular flexibility index (Phi) is 4.54. The summed E-state index contributed by atoms with van der Waals surface area (Å²) in [7, 11) is 2.26. The van der Waals surface area contributed by atoms with Gasteiger partial charge in [-0.3, -0.25) is 4.79 Å². The molecule has 3 heterocycles. The zero-order chi connectivity index (χ0) is 20.6. The summed E-state index contributed by atoms with van der Waals surface area (Å²) in [5, 5.41) is 0. The largest absolute Gasteiger partial charge is 0.462 e. The molecule has 7 unspecified atom stereocenters. The van der Waals surface area contributed by atoms with Crippen molar-refractivity contribution in [2.24, 2.45) is 34.0 Å². The topological polar surface area (TPSA) is 32.8 Å². The molecule has 0 aromatic heterocycles. The minimum atomic E-state index is 0.0584. The first-order valence-corrected chi connectivity index (χ1v) is 11.9. The smallest absolute Gasteiger partial charge is 0.310 e. The van der Waals surface area contributed by atoms with Gasteiger partial charge in [0.2, 0.25) is 0 Å². The van der Waals surface area contributed by atoms with Crippen molar-refractivity contribution in [3.63, 3.8) is 0 Å². The van der Waals surface area contributed by atoms with E-state index in [1.165, 1.54) is 44.3 Å². The molecule has 7 atom stereocenters. The highest BCUT2D eigenvalue weighted by Gasteiger charge is 2.56. The molecular formula is C25H40N2O2. The van der Waals surface area contributed by atoms with Gasteiger partial charge < -0.3 is 14.5 Å². The molecule has 0 amide bonds. The van der Waals surface area contributed by atoms with E-state index in [0.717, 1.165) is 32.5 Å². The van der Waals surface area contributed by atoms with Gasteiger partial charge in [-0.15, -0.1) is 0 Å². The molecule has 3 saturated heterocycles. The molecule has 0 N–H and O–H groups in total. The Bertz CT molecular complexity index is 702. The highest BCUT2D eigenvalue weighted by Crippen LogP contribution is 2.57. The van der Waals surface area contributed by atoms with E-state index in [2.05, 4.69) is 44.2 Å². The molecule has 29 heavy (non-hydrogen) atoms. The second-order valence-electron chi connectivity index (χ2n) is 12.5. The van der Waals surface area contributed by atoms with Gasteiger partial charge in [-0.1, -0.05) is 32.9 Å². The third-order valence-corrected chi connectivity index (χ3v) is 9.14. The van der Waals surface area contributed by atoms with E-state index in [0.29, 0.717) is 28.1 Å². The number of ether oxygens (including phenoxy) is 1. The van der Waals surface area contributed by atoms with Gasteiger partial charge in [0.05, 0.1) is 5.92 Å². The lowest BCUT2D eigenvalue weighted by Crippen LogP contribution is -2.62. The maximum absolute atomic E-state index is 13.0. The van der Waals surface area contributed by atoms with E-state index >= 15 is 0 Å². The van der Waals surface area contributed by atoms with Crippen LogP contribution in [0.4, 0.5) is 0 Å². The van der Waals surface area contributed by atoms with Crippen molar-refractivity contribution < 1.29 is 9.53 Å². The molecule has 3 aliphatic heterocycles. The monoisotopic (exact) mass is 400 g/mol. The van der Waals surface area contributed by atoms with Crippen LogP contribution in [0, 0.1) is 34.0 Å². The van der Waals surface area contributed by atoms with E-state index in [1.807, 2.05) is 0 Å². The fourth-order valence-electron chi connectivity index (χ4n) is 8.72. The Morgan fingerprint density at radius 2 is 1.83 bits per heavy atom. The second-order valence-corrected chi connectivity index (χ2v) is 12.5. The van der Waals surface area contributed by atoms with Gasteiger partial charge in [0.15, 0.2) is 0 Å². The van der Waals surface area contributed by atoms with E-state index in [1.54, 1.807) is 0 Å². The molecule has 5 rings (SSSR count). The number of allylic oxidation sites excluding steroid dienone is 1. The van der Waals surface area contributed by atoms with Crippen LogP contribution in [-0.2, 0) is 9.53 Å². The van der Waals surface area contributed by atoms with E-state index in [-0.39, 0.29) is 18.0 Å². The van der Waals surface area contributed by atoms with Gasteiger partial charge in [-0.05, 0) is 67.7 Å². The maximum atomic E-state index is 13.0. The Balaban J connectivity index is 1.33. The van der Waals surface area contributed by atoms with Crippen LogP contribution in [0.2, 0.25) is 0 Å². The van der Waals surface area contributed by atoms with Crippen molar-refractivity contribution in [2.75, 3.05) is 39.8 Å². The number of carbonyl (C=O) groups excluding carboxylic acids is 1. The average Bonchev–Trinajstić information content (AvgIpc) is 2.84. The zero-order valence-corrected chi connectivity index (χ0v) is 19.0.